The van der Waals surface area contributed by atoms with Gasteiger partial charge in [0.2, 0.25) is 0 Å². The van der Waals surface area contributed by atoms with E-state index in [2.05, 4.69) is 0 Å². The van der Waals surface area contributed by atoms with Crippen molar-refractivity contribution in [3.8, 4) is 0 Å². The number of hydrogen-bond acceptors (Lipinski definition) is 3. The Hall–Kier alpha value is -1.66. The third-order valence-electron chi connectivity index (χ3n) is 2.10. The van der Waals surface area contributed by atoms with E-state index < -0.39 is 37.2 Å². The summed E-state index contributed by atoms with van der Waals surface area (Å²) in [5, 5.41) is 8.97. The first-order valence-corrected chi connectivity index (χ1v) is 6.25. The number of carboxylic acids is 1. The molecule has 0 saturated carbocycles. The van der Waals surface area contributed by atoms with Gasteiger partial charge in [-0.25, -0.2) is 18.4 Å². The Kier molecular flexibility index (Phi) is 7.17. The maximum Gasteiger partial charge on any atom is 0.410 e. The molecule has 0 unspecified atom stereocenters. The second kappa shape index (κ2) is 7.81. The number of nitrogens with zero attached hydrogens (tertiary/aromatic N) is 1. The number of carbonyl (C=O) groups is 2. The molecule has 1 N–H and O–H groups in total. The summed E-state index contributed by atoms with van der Waals surface area (Å²) in [6, 6.07) is 0. The lowest BCUT2D eigenvalue weighted by molar-refractivity contribution is -0.133. The SMILES string of the molecule is CCC=C(CN(CC(F)F)C(=O)OC(C)(C)C)C(=O)O. The van der Waals surface area contributed by atoms with Crippen molar-refractivity contribution in [3.05, 3.63) is 11.6 Å². The molecule has 5 nitrogen and oxygen atoms in total. The van der Waals surface area contributed by atoms with Crippen LogP contribution in [0.25, 0.3) is 0 Å². The molecule has 0 bridgehead atoms. The molecule has 7 heteroatoms. The van der Waals surface area contributed by atoms with Crippen LogP contribution in [0.15, 0.2) is 11.6 Å². The minimum absolute atomic E-state index is 0.112. The van der Waals surface area contributed by atoms with Crippen molar-refractivity contribution >= 4 is 12.1 Å². The van der Waals surface area contributed by atoms with Gasteiger partial charge in [-0.2, -0.15) is 0 Å². The van der Waals surface area contributed by atoms with Crippen LogP contribution in [0.4, 0.5) is 13.6 Å². The first-order valence-electron chi connectivity index (χ1n) is 6.25. The third kappa shape index (κ3) is 7.70. The average Bonchev–Trinajstić information content (AvgIpc) is 2.23. The van der Waals surface area contributed by atoms with Crippen molar-refractivity contribution in [2.24, 2.45) is 0 Å². The minimum atomic E-state index is -2.76. The van der Waals surface area contributed by atoms with Gasteiger partial charge in [0.15, 0.2) is 0 Å². The summed E-state index contributed by atoms with van der Waals surface area (Å²) in [7, 11) is 0. The molecule has 0 aromatic heterocycles. The van der Waals surface area contributed by atoms with E-state index in [0.29, 0.717) is 11.3 Å². The van der Waals surface area contributed by atoms with Crippen LogP contribution in [-0.4, -0.2) is 47.2 Å². The third-order valence-corrected chi connectivity index (χ3v) is 2.10. The van der Waals surface area contributed by atoms with E-state index >= 15 is 0 Å². The number of rotatable bonds is 6. The summed E-state index contributed by atoms with van der Waals surface area (Å²) in [4.78, 5) is 23.5. The van der Waals surface area contributed by atoms with E-state index in [1.54, 1.807) is 27.7 Å². The predicted molar refractivity (Wildman–Crippen MR) is 69.8 cm³/mol. The van der Waals surface area contributed by atoms with Crippen LogP contribution in [0.1, 0.15) is 34.1 Å². The highest BCUT2D eigenvalue weighted by Crippen LogP contribution is 2.13. The molecular weight excluding hydrogens is 272 g/mol. The molecule has 0 heterocycles. The van der Waals surface area contributed by atoms with Gasteiger partial charge in [0.25, 0.3) is 6.43 Å². The Morgan fingerprint density at radius 2 is 1.90 bits per heavy atom. The monoisotopic (exact) mass is 293 g/mol. The predicted octanol–water partition coefficient (Wildman–Crippen LogP) is 2.91. The first kappa shape index (κ1) is 18.3. The van der Waals surface area contributed by atoms with E-state index in [4.69, 9.17) is 9.84 Å². The highest BCUT2D eigenvalue weighted by atomic mass is 19.3. The number of hydrogen-bond donors (Lipinski definition) is 1. The number of allylic oxidation sites excluding steroid dienone is 1. The molecule has 1 amide bonds. The molecule has 116 valence electrons. The van der Waals surface area contributed by atoms with Crippen LogP contribution < -0.4 is 0 Å². The molecule has 0 aliphatic rings. The normalized spacial score (nSPS) is 12.4. The molecule has 0 saturated heterocycles. The Morgan fingerprint density at radius 3 is 2.25 bits per heavy atom. The molecule has 0 aliphatic heterocycles. The Bertz CT molecular complexity index is 375. The van der Waals surface area contributed by atoms with E-state index in [-0.39, 0.29) is 5.57 Å². The van der Waals surface area contributed by atoms with Crippen molar-refractivity contribution in [1.82, 2.24) is 4.90 Å². The number of ether oxygens (including phenoxy) is 1. The van der Waals surface area contributed by atoms with Gasteiger partial charge in [-0.05, 0) is 27.2 Å². The van der Waals surface area contributed by atoms with Crippen molar-refractivity contribution in [2.45, 2.75) is 46.1 Å². The number of halogens is 2. The Balaban J connectivity index is 5.01. The summed E-state index contributed by atoms with van der Waals surface area (Å²) in [5.41, 5.74) is -0.950. The molecule has 0 radical (unpaired) electrons. The van der Waals surface area contributed by atoms with Crippen LogP contribution in [0.2, 0.25) is 0 Å². The molecule has 0 rings (SSSR count). The fourth-order valence-electron chi connectivity index (χ4n) is 1.37. The lowest BCUT2D eigenvalue weighted by atomic mass is 10.2. The number of alkyl halides is 2. The minimum Gasteiger partial charge on any atom is -0.478 e. The molecule has 0 aliphatic carbocycles. The molecule has 0 spiro atoms. The number of carboxylic acid groups (broad SMARTS) is 1. The summed E-state index contributed by atoms with van der Waals surface area (Å²) in [6.07, 6.45) is -1.91. The van der Waals surface area contributed by atoms with Crippen molar-refractivity contribution in [1.29, 1.82) is 0 Å². The van der Waals surface area contributed by atoms with Crippen LogP contribution in [0.5, 0.6) is 0 Å². The van der Waals surface area contributed by atoms with E-state index in [0.717, 1.165) is 0 Å². The molecule has 20 heavy (non-hydrogen) atoms. The molecular formula is C13H21F2NO4. The quantitative estimate of drug-likeness (QED) is 0.765. The first-order chi connectivity index (χ1) is 9.06. The van der Waals surface area contributed by atoms with Crippen LogP contribution in [0.3, 0.4) is 0 Å². The molecule has 0 aromatic rings. The van der Waals surface area contributed by atoms with Gasteiger partial charge in [-0.3, -0.25) is 4.90 Å². The van der Waals surface area contributed by atoms with Gasteiger partial charge in [0.1, 0.15) is 5.60 Å². The van der Waals surface area contributed by atoms with Crippen molar-refractivity contribution in [2.75, 3.05) is 13.1 Å². The summed E-state index contributed by atoms with van der Waals surface area (Å²) >= 11 is 0. The Labute approximate surface area is 117 Å². The van der Waals surface area contributed by atoms with Gasteiger partial charge in [-0.1, -0.05) is 13.0 Å². The zero-order valence-electron chi connectivity index (χ0n) is 12.2. The lowest BCUT2D eigenvalue weighted by Gasteiger charge is -2.27. The van der Waals surface area contributed by atoms with Gasteiger partial charge in [-0.15, -0.1) is 0 Å². The zero-order chi connectivity index (χ0) is 15.9. The van der Waals surface area contributed by atoms with Gasteiger partial charge in [0, 0.05) is 0 Å². The molecule has 0 atom stereocenters. The number of carbonyl (C=O) groups excluding carboxylic acids is 1. The summed E-state index contributed by atoms with van der Waals surface area (Å²) in [6.45, 7) is 5.24. The maximum atomic E-state index is 12.5. The highest BCUT2D eigenvalue weighted by molar-refractivity contribution is 5.87. The van der Waals surface area contributed by atoms with E-state index in [1.165, 1.54) is 6.08 Å². The van der Waals surface area contributed by atoms with Gasteiger partial charge < -0.3 is 9.84 Å². The Morgan fingerprint density at radius 1 is 1.35 bits per heavy atom. The van der Waals surface area contributed by atoms with Gasteiger partial charge in [0.05, 0.1) is 18.7 Å². The van der Waals surface area contributed by atoms with Crippen LogP contribution in [0, 0.1) is 0 Å². The fourth-order valence-corrected chi connectivity index (χ4v) is 1.37. The lowest BCUT2D eigenvalue weighted by Crippen LogP contribution is -2.41. The average molecular weight is 293 g/mol. The smallest absolute Gasteiger partial charge is 0.410 e. The molecule has 0 aromatic carbocycles. The highest BCUT2D eigenvalue weighted by Gasteiger charge is 2.26. The maximum absolute atomic E-state index is 12.5. The topological polar surface area (TPSA) is 66.8 Å². The van der Waals surface area contributed by atoms with E-state index in [1.807, 2.05) is 0 Å². The largest absolute Gasteiger partial charge is 0.478 e. The standard InChI is InChI=1S/C13H21F2NO4/c1-5-6-9(11(17)18)7-16(8-10(14)15)12(19)20-13(2,3)4/h6,10H,5,7-8H2,1-4H3,(H,17,18). The zero-order valence-corrected chi connectivity index (χ0v) is 12.2. The number of amides is 1. The van der Waals surface area contributed by atoms with Crippen LogP contribution >= 0.6 is 0 Å². The number of aliphatic carboxylic acids is 1. The summed E-state index contributed by atoms with van der Waals surface area (Å²) in [5.74, 6) is -1.24. The van der Waals surface area contributed by atoms with Gasteiger partial charge >= 0.3 is 12.1 Å². The van der Waals surface area contributed by atoms with E-state index in [9.17, 15) is 18.4 Å². The molecule has 0 fully saturated rings. The summed E-state index contributed by atoms with van der Waals surface area (Å²) < 4.78 is 30.0. The van der Waals surface area contributed by atoms with Crippen molar-refractivity contribution < 1.29 is 28.2 Å². The second-order valence-electron chi connectivity index (χ2n) is 5.19. The second-order valence-corrected chi connectivity index (χ2v) is 5.19. The van der Waals surface area contributed by atoms with Crippen molar-refractivity contribution in [3.63, 3.8) is 0 Å². The van der Waals surface area contributed by atoms with Crippen LogP contribution in [-0.2, 0) is 9.53 Å². The fraction of sp³-hybridized carbons (Fsp3) is 0.692.